The second-order valence-corrected chi connectivity index (χ2v) is 4.59. The topological polar surface area (TPSA) is 53.7 Å². The van der Waals surface area contributed by atoms with Crippen LogP contribution in [0.15, 0.2) is 12.2 Å². The lowest BCUT2D eigenvalue weighted by molar-refractivity contribution is -0.383. The Labute approximate surface area is 81.4 Å². The highest BCUT2D eigenvalue weighted by molar-refractivity contribution is 5.02. The van der Waals surface area contributed by atoms with Crippen LogP contribution in [0.1, 0.15) is 26.7 Å². The van der Waals surface area contributed by atoms with Crippen molar-refractivity contribution in [3.05, 3.63) is 12.2 Å². The smallest absolute Gasteiger partial charge is 0.0771 e. The van der Waals surface area contributed by atoms with E-state index in [-0.39, 0.29) is 0 Å². The number of allylic oxidation sites excluding steroid dienone is 1. The van der Waals surface area contributed by atoms with Crippen LogP contribution in [0.25, 0.3) is 0 Å². The van der Waals surface area contributed by atoms with E-state index in [2.05, 4.69) is 26.2 Å². The van der Waals surface area contributed by atoms with Gasteiger partial charge in [-0.1, -0.05) is 19.1 Å². The third kappa shape index (κ3) is 2.32. The highest BCUT2D eigenvalue weighted by Crippen LogP contribution is 2.35. The fourth-order valence-corrected chi connectivity index (χ4v) is 2.35. The molecule has 0 aromatic heterocycles. The largest absolute Gasteiger partial charge is 0.357 e. The summed E-state index contributed by atoms with van der Waals surface area (Å²) in [6.07, 6.45) is 2.36. The van der Waals surface area contributed by atoms with Crippen LogP contribution < -0.4 is 11.5 Å². The molecule has 4 unspecified atom stereocenters. The molecule has 0 heterocycles. The quantitative estimate of drug-likeness (QED) is 0.611. The summed E-state index contributed by atoms with van der Waals surface area (Å²) in [6.45, 7) is 9.42. The monoisotopic (exact) mass is 183 g/mol. The maximum Gasteiger partial charge on any atom is 0.0771 e. The van der Waals surface area contributed by atoms with Crippen LogP contribution in [0.2, 0.25) is 0 Å². The van der Waals surface area contributed by atoms with Gasteiger partial charge in [-0.15, -0.1) is 0 Å². The summed E-state index contributed by atoms with van der Waals surface area (Å²) in [6, 6.07) is 0.349. The first-order valence-electron chi connectivity index (χ1n) is 5.26. The number of hydrogen-bond donors (Lipinski definition) is 2. The maximum absolute atomic E-state index is 6.10. The van der Waals surface area contributed by atoms with Crippen molar-refractivity contribution in [2.75, 3.05) is 6.54 Å². The molecule has 0 amide bonds. The van der Waals surface area contributed by atoms with Crippen LogP contribution >= 0.6 is 0 Å². The molecule has 0 saturated heterocycles. The molecule has 0 aromatic carbocycles. The number of rotatable bonds is 2. The summed E-state index contributed by atoms with van der Waals surface area (Å²) in [5.41, 5.74) is 11.4. The van der Waals surface area contributed by atoms with E-state index >= 15 is 0 Å². The summed E-state index contributed by atoms with van der Waals surface area (Å²) in [5, 5.41) is 0. The van der Waals surface area contributed by atoms with Crippen molar-refractivity contribution in [3.63, 3.8) is 0 Å². The third-order valence-corrected chi connectivity index (χ3v) is 3.63. The molecule has 0 radical (unpaired) electrons. The van der Waals surface area contributed by atoms with Gasteiger partial charge in [0.05, 0.1) is 6.54 Å². The predicted octanol–water partition coefficient (Wildman–Crippen LogP) is 0.794. The van der Waals surface area contributed by atoms with Crippen molar-refractivity contribution in [3.8, 4) is 0 Å². The van der Waals surface area contributed by atoms with Gasteiger partial charge in [0, 0.05) is 12.0 Å². The van der Waals surface area contributed by atoms with Gasteiger partial charge < -0.3 is 11.5 Å². The van der Waals surface area contributed by atoms with Gasteiger partial charge >= 0.3 is 0 Å². The molecule has 76 valence electrons. The van der Waals surface area contributed by atoms with Gasteiger partial charge in [0.15, 0.2) is 0 Å². The van der Waals surface area contributed by atoms with E-state index in [1.165, 1.54) is 12.0 Å². The Morgan fingerprint density at radius 2 is 2.15 bits per heavy atom. The highest BCUT2D eigenvalue weighted by Gasteiger charge is 2.33. The van der Waals surface area contributed by atoms with E-state index < -0.39 is 0 Å². The molecule has 1 saturated carbocycles. The molecule has 2 nitrogen and oxygen atoms in total. The van der Waals surface area contributed by atoms with Crippen molar-refractivity contribution in [2.24, 2.45) is 23.5 Å². The van der Waals surface area contributed by atoms with Crippen molar-refractivity contribution in [1.82, 2.24) is 0 Å². The maximum atomic E-state index is 6.10. The van der Waals surface area contributed by atoms with E-state index in [4.69, 9.17) is 5.73 Å². The molecule has 1 aliphatic carbocycles. The molecule has 1 aliphatic rings. The molecule has 4 atom stereocenters. The Hall–Kier alpha value is -0.340. The molecule has 0 aliphatic heterocycles. The summed E-state index contributed by atoms with van der Waals surface area (Å²) >= 11 is 0. The number of hydrogen-bond acceptors (Lipinski definition) is 1. The molecule has 1 rings (SSSR count). The zero-order valence-corrected chi connectivity index (χ0v) is 8.92. The standard InChI is InChI=1S/C11H22N2/c1-7(2)9-4-10(6-12)8(3)11(13)5-9/h8-11H,1,4-6,12-13H2,2-3H3/p+1. The lowest BCUT2D eigenvalue weighted by atomic mass is 9.70. The van der Waals surface area contributed by atoms with E-state index in [0.717, 1.165) is 13.0 Å². The van der Waals surface area contributed by atoms with Crippen molar-refractivity contribution in [1.29, 1.82) is 0 Å². The molecule has 0 spiro atoms. The first-order valence-corrected chi connectivity index (χ1v) is 5.26. The summed E-state index contributed by atoms with van der Waals surface area (Å²) in [4.78, 5) is 0. The Balaban J connectivity index is 2.63. The SMILES string of the molecule is C=C(C)C1CC(N)C(C)C(C[NH3+])C1. The van der Waals surface area contributed by atoms with Gasteiger partial charge in [0.1, 0.15) is 0 Å². The van der Waals surface area contributed by atoms with Crippen molar-refractivity contribution >= 4 is 0 Å². The molecule has 1 fully saturated rings. The molecule has 5 N–H and O–H groups in total. The summed E-state index contributed by atoms with van der Waals surface area (Å²) in [5.74, 6) is 1.97. The average Bonchev–Trinajstić information content (AvgIpc) is 2.09. The minimum absolute atomic E-state index is 0.349. The average molecular weight is 183 g/mol. The number of quaternary nitrogens is 1. The molecule has 0 aromatic rings. The van der Waals surface area contributed by atoms with Crippen LogP contribution in [0.4, 0.5) is 0 Å². The molecule has 2 heteroatoms. The second kappa shape index (κ2) is 4.25. The van der Waals surface area contributed by atoms with Crippen molar-refractivity contribution in [2.45, 2.75) is 32.7 Å². The van der Waals surface area contributed by atoms with Gasteiger partial charge in [0.25, 0.3) is 0 Å². The van der Waals surface area contributed by atoms with Crippen LogP contribution in [-0.2, 0) is 0 Å². The minimum Gasteiger partial charge on any atom is -0.357 e. The van der Waals surface area contributed by atoms with Crippen LogP contribution in [-0.4, -0.2) is 12.6 Å². The fourth-order valence-electron chi connectivity index (χ4n) is 2.35. The van der Waals surface area contributed by atoms with E-state index in [0.29, 0.717) is 23.8 Å². The highest BCUT2D eigenvalue weighted by atomic mass is 14.7. The Bertz CT molecular complexity index is 189. The summed E-state index contributed by atoms with van der Waals surface area (Å²) in [7, 11) is 0. The zero-order valence-electron chi connectivity index (χ0n) is 8.92. The minimum atomic E-state index is 0.349. The van der Waals surface area contributed by atoms with E-state index in [1.807, 2.05) is 0 Å². The van der Waals surface area contributed by atoms with Crippen LogP contribution in [0.5, 0.6) is 0 Å². The van der Waals surface area contributed by atoms with Crippen LogP contribution in [0, 0.1) is 17.8 Å². The fraction of sp³-hybridized carbons (Fsp3) is 0.818. The molecule has 0 bridgehead atoms. The molecule has 13 heavy (non-hydrogen) atoms. The lowest BCUT2D eigenvalue weighted by Gasteiger charge is -2.37. The van der Waals surface area contributed by atoms with Crippen LogP contribution in [0.3, 0.4) is 0 Å². The first kappa shape index (κ1) is 10.7. The van der Waals surface area contributed by atoms with Gasteiger partial charge in [-0.05, 0) is 31.6 Å². The predicted molar refractivity (Wildman–Crippen MR) is 55.9 cm³/mol. The van der Waals surface area contributed by atoms with E-state index in [9.17, 15) is 0 Å². The normalized spacial score (nSPS) is 40.3. The second-order valence-electron chi connectivity index (χ2n) is 4.59. The Kier molecular flexibility index (Phi) is 3.51. The van der Waals surface area contributed by atoms with Gasteiger partial charge in [-0.2, -0.15) is 0 Å². The van der Waals surface area contributed by atoms with E-state index in [1.54, 1.807) is 0 Å². The van der Waals surface area contributed by atoms with Gasteiger partial charge in [-0.25, -0.2) is 0 Å². The summed E-state index contributed by atoms with van der Waals surface area (Å²) < 4.78 is 0. The molecular formula is C11H23N2+. The lowest BCUT2D eigenvalue weighted by Crippen LogP contribution is -2.58. The zero-order chi connectivity index (χ0) is 10.0. The Morgan fingerprint density at radius 1 is 1.54 bits per heavy atom. The third-order valence-electron chi connectivity index (χ3n) is 3.63. The Morgan fingerprint density at radius 3 is 2.62 bits per heavy atom. The molecular weight excluding hydrogens is 160 g/mol. The number of nitrogens with two attached hydrogens (primary N) is 1. The van der Waals surface area contributed by atoms with Crippen molar-refractivity contribution < 1.29 is 5.73 Å². The first-order chi connectivity index (χ1) is 6.06. The van der Waals surface area contributed by atoms with Gasteiger partial charge in [0.2, 0.25) is 0 Å². The van der Waals surface area contributed by atoms with Gasteiger partial charge in [-0.3, -0.25) is 0 Å².